The van der Waals surface area contributed by atoms with Gasteiger partial charge in [0, 0.05) is 13.2 Å². The van der Waals surface area contributed by atoms with Crippen LogP contribution >= 0.6 is 0 Å². The standard InChI is InChI=1S/C15H24N2O2/c1-10(2)12-9-13(18)17-15(16-12)14(19-3)11-7-5-4-6-8-11/h9-11,14H,4-8H2,1-3H3,(H,16,17,18). The predicted octanol–water partition coefficient (Wildman–Crippen LogP) is 3.16. The molecule has 1 saturated carbocycles. The highest BCUT2D eigenvalue weighted by Crippen LogP contribution is 2.35. The van der Waals surface area contributed by atoms with Gasteiger partial charge in [-0.15, -0.1) is 0 Å². The van der Waals surface area contributed by atoms with E-state index in [0.717, 1.165) is 18.5 Å². The quantitative estimate of drug-likeness (QED) is 0.908. The summed E-state index contributed by atoms with van der Waals surface area (Å²) in [6.07, 6.45) is 6.05. The van der Waals surface area contributed by atoms with Gasteiger partial charge < -0.3 is 9.72 Å². The number of rotatable bonds is 4. The summed E-state index contributed by atoms with van der Waals surface area (Å²) < 4.78 is 5.63. The molecular formula is C15H24N2O2. The Bertz CT molecular complexity index is 461. The number of methoxy groups -OCH3 is 1. The Kier molecular flexibility index (Phi) is 4.75. The first-order chi connectivity index (χ1) is 9.11. The molecule has 19 heavy (non-hydrogen) atoms. The van der Waals surface area contributed by atoms with Gasteiger partial charge in [-0.1, -0.05) is 33.1 Å². The summed E-state index contributed by atoms with van der Waals surface area (Å²) in [6.45, 7) is 4.10. The Morgan fingerprint density at radius 3 is 2.58 bits per heavy atom. The Hall–Kier alpha value is -1.16. The lowest BCUT2D eigenvalue weighted by Gasteiger charge is -2.28. The zero-order chi connectivity index (χ0) is 13.8. The number of ether oxygens (including phenoxy) is 1. The number of nitrogens with zero attached hydrogens (tertiary/aromatic N) is 1. The van der Waals surface area contributed by atoms with Crippen molar-refractivity contribution in [1.29, 1.82) is 0 Å². The summed E-state index contributed by atoms with van der Waals surface area (Å²) in [4.78, 5) is 19.2. The zero-order valence-electron chi connectivity index (χ0n) is 12.1. The number of aromatic nitrogens is 2. The maximum Gasteiger partial charge on any atom is 0.251 e. The number of aromatic amines is 1. The molecule has 4 nitrogen and oxygen atoms in total. The lowest BCUT2D eigenvalue weighted by molar-refractivity contribution is 0.0285. The monoisotopic (exact) mass is 264 g/mol. The second kappa shape index (κ2) is 6.33. The van der Waals surface area contributed by atoms with Crippen molar-refractivity contribution in [3.8, 4) is 0 Å². The first-order valence-electron chi connectivity index (χ1n) is 7.25. The maximum atomic E-state index is 11.8. The summed E-state index contributed by atoms with van der Waals surface area (Å²) in [5.74, 6) is 1.43. The average Bonchev–Trinajstić information content (AvgIpc) is 2.40. The Labute approximate surface area is 114 Å². The molecule has 106 valence electrons. The van der Waals surface area contributed by atoms with Crippen LogP contribution in [0.5, 0.6) is 0 Å². The SMILES string of the molecule is COC(c1nc(C(C)C)cc(=O)[nH]1)C1CCCCC1. The van der Waals surface area contributed by atoms with Crippen LogP contribution < -0.4 is 5.56 Å². The van der Waals surface area contributed by atoms with Crippen LogP contribution in [-0.2, 0) is 4.74 Å². The fourth-order valence-electron chi connectivity index (χ4n) is 2.89. The molecule has 1 fully saturated rings. The van der Waals surface area contributed by atoms with E-state index in [1.165, 1.54) is 19.3 Å². The first-order valence-corrected chi connectivity index (χ1v) is 7.25. The molecule has 1 heterocycles. The van der Waals surface area contributed by atoms with Crippen molar-refractivity contribution in [2.75, 3.05) is 7.11 Å². The van der Waals surface area contributed by atoms with Crippen LogP contribution in [0.4, 0.5) is 0 Å². The van der Waals surface area contributed by atoms with E-state index in [0.29, 0.717) is 11.7 Å². The third kappa shape index (κ3) is 3.44. The fraction of sp³-hybridized carbons (Fsp3) is 0.733. The molecule has 2 rings (SSSR count). The zero-order valence-corrected chi connectivity index (χ0v) is 12.1. The second-order valence-electron chi connectivity index (χ2n) is 5.76. The van der Waals surface area contributed by atoms with Gasteiger partial charge >= 0.3 is 0 Å². The highest BCUT2D eigenvalue weighted by atomic mass is 16.5. The molecule has 1 atom stereocenters. The van der Waals surface area contributed by atoms with Gasteiger partial charge in [-0.2, -0.15) is 0 Å². The molecule has 1 aliphatic carbocycles. The molecule has 0 bridgehead atoms. The molecule has 1 aromatic rings. The number of hydrogen-bond donors (Lipinski definition) is 1. The average molecular weight is 264 g/mol. The largest absolute Gasteiger partial charge is 0.373 e. The van der Waals surface area contributed by atoms with Gasteiger partial charge in [-0.3, -0.25) is 4.79 Å². The van der Waals surface area contributed by atoms with Crippen molar-refractivity contribution in [3.05, 3.63) is 27.9 Å². The van der Waals surface area contributed by atoms with Crippen LogP contribution in [0.25, 0.3) is 0 Å². The summed E-state index contributed by atoms with van der Waals surface area (Å²) in [6, 6.07) is 1.59. The fourth-order valence-corrected chi connectivity index (χ4v) is 2.89. The van der Waals surface area contributed by atoms with E-state index in [9.17, 15) is 4.79 Å². The smallest absolute Gasteiger partial charge is 0.251 e. The molecule has 0 aliphatic heterocycles. The third-order valence-electron chi connectivity index (χ3n) is 3.97. The molecule has 0 radical (unpaired) electrons. The van der Waals surface area contributed by atoms with Crippen LogP contribution in [0.15, 0.2) is 10.9 Å². The van der Waals surface area contributed by atoms with Crippen molar-refractivity contribution >= 4 is 0 Å². The van der Waals surface area contributed by atoms with E-state index in [2.05, 4.69) is 9.97 Å². The van der Waals surface area contributed by atoms with Crippen molar-refractivity contribution in [2.24, 2.45) is 5.92 Å². The predicted molar refractivity (Wildman–Crippen MR) is 75.3 cm³/mol. The van der Waals surface area contributed by atoms with Crippen LogP contribution in [0.1, 0.15) is 69.5 Å². The molecular weight excluding hydrogens is 240 g/mol. The minimum absolute atomic E-state index is 0.0771. The van der Waals surface area contributed by atoms with Crippen LogP contribution in [-0.4, -0.2) is 17.1 Å². The van der Waals surface area contributed by atoms with Gasteiger partial charge in [0.2, 0.25) is 0 Å². The Morgan fingerprint density at radius 2 is 2.00 bits per heavy atom. The molecule has 1 N–H and O–H groups in total. The van der Waals surface area contributed by atoms with Gasteiger partial charge in [0.15, 0.2) is 0 Å². The van der Waals surface area contributed by atoms with E-state index in [1.54, 1.807) is 13.2 Å². The number of hydrogen-bond acceptors (Lipinski definition) is 3. The molecule has 1 unspecified atom stereocenters. The van der Waals surface area contributed by atoms with Gasteiger partial charge in [0.1, 0.15) is 11.9 Å². The molecule has 1 aromatic heterocycles. The number of H-pyrrole nitrogens is 1. The van der Waals surface area contributed by atoms with Gasteiger partial charge in [-0.25, -0.2) is 4.98 Å². The normalized spacial score (nSPS) is 18.7. The maximum absolute atomic E-state index is 11.8. The van der Waals surface area contributed by atoms with Crippen LogP contribution in [0.2, 0.25) is 0 Å². The molecule has 0 aromatic carbocycles. The molecule has 0 amide bonds. The van der Waals surface area contributed by atoms with Crippen LogP contribution in [0.3, 0.4) is 0 Å². The molecule has 0 saturated heterocycles. The Morgan fingerprint density at radius 1 is 1.32 bits per heavy atom. The summed E-state index contributed by atoms with van der Waals surface area (Å²) in [5.41, 5.74) is 0.767. The molecule has 0 spiro atoms. The van der Waals surface area contributed by atoms with Crippen molar-refractivity contribution < 1.29 is 4.74 Å². The lowest BCUT2D eigenvalue weighted by Crippen LogP contribution is -2.24. The highest BCUT2D eigenvalue weighted by molar-refractivity contribution is 5.09. The summed E-state index contributed by atoms with van der Waals surface area (Å²) in [7, 11) is 1.71. The lowest BCUT2D eigenvalue weighted by atomic mass is 9.85. The van der Waals surface area contributed by atoms with Crippen molar-refractivity contribution in [3.63, 3.8) is 0 Å². The van der Waals surface area contributed by atoms with Crippen molar-refractivity contribution in [2.45, 2.75) is 58.0 Å². The molecule has 4 heteroatoms. The van der Waals surface area contributed by atoms with Crippen LogP contribution in [0, 0.1) is 5.92 Å². The highest BCUT2D eigenvalue weighted by Gasteiger charge is 2.27. The summed E-state index contributed by atoms with van der Waals surface area (Å²) >= 11 is 0. The minimum Gasteiger partial charge on any atom is -0.373 e. The molecule has 1 aliphatic rings. The first kappa shape index (κ1) is 14.3. The van der Waals surface area contributed by atoms with E-state index in [1.807, 2.05) is 13.8 Å². The Balaban J connectivity index is 2.29. The van der Waals surface area contributed by atoms with E-state index < -0.39 is 0 Å². The number of nitrogens with one attached hydrogen (secondary N) is 1. The third-order valence-corrected chi connectivity index (χ3v) is 3.97. The van der Waals surface area contributed by atoms with E-state index >= 15 is 0 Å². The van der Waals surface area contributed by atoms with E-state index in [4.69, 9.17) is 4.74 Å². The van der Waals surface area contributed by atoms with Gasteiger partial charge in [0.05, 0.1) is 5.69 Å². The van der Waals surface area contributed by atoms with Crippen molar-refractivity contribution in [1.82, 2.24) is 9.97 Å². The van der Waals surface area contributed by atoms with Gasteiger partial charge in [-0.05, 0) is 24.7 Å². The topological polar surface area (TPSA) is 55.0 Å². The summed E-state index contributed by atoms with van der Waals surface area (Å²) in [5, 5.41) is 0. The second-order valence-corrected chi connectivity index (χ2v) is 5.76. The minimum atomic E-state index is -0.0773. The van der Waals surface area contributed by atoms with E-state index in [-0.39, 0.29) is 17.6 Å². The van der Waals surface area contributed by atoms with Gasteiger partial charge in [0.25, 0.3) is 5.56 Å².